The topological polar surface area (TPSA) is 133 Å². The molecule has 11 nitrogen and oxygen atoms in total. The van der Waals surface area contributed by atoms with E-state index in [1.807, 2.05) is 23.6 Å². The van der Waals surface area contributed by atoms with Gasteiger partial charge in [-0.2, -0.15) is 0 Å². The van der Waals surface area contributed by atoms with Crippen molar-refractivity contribution in [2.24, 2.45) is 0 Å². The molecular formula is C25H22N4O7. The lowest BCUT2D eigenvalue weighted by Gasteiger charge is -2.22. The van der Waals surface area contributed by atoms with Crippen molar-refractivity contribution in [3.8, 4) is 17.2 Å². The summed E-state index contributed by atoms with van der Waals surface area (Å²) in [5, 5.41) is 13.6. The Morgan fingerprint density at radius 2 is 1.78 bits per heavy atom. The number of aromatic nitrogens is 1. The second kappa shape index (κ2) is 8.22. The average molecular weight is 490 g/mol. The number of imide groups is 1. The molecule has 2 aliphatic rings. The van der Waals surface area contributed by atoms with Crippen LogP contribution in [0.2, 0.25) is 0 Å². The van der Waals surface area contributed by atoms with Crippen LogP contribution in [0.3, 0.4) is 0 Å². The number of hydrogen-bond acceptors (Lipinski definition) is 7. The maximum atomic E-state index is 13.3. The Balaban J connectivity index is 1.39. The number of nitro benzene ring substituents is 1. The predicted molar refractivity (Wildman–Crippen MR) is 126 cm³/mol. The molecule has 11 heteroatoms. The quantitative estimate of drug-likeness (QED) is 0.242. The lowest BCUT2D eigenvalue weighted by molar-refractivity contribution is -0.384. The van der Waals surface area contributed by atoms with Gasteiger partial charge in [-0.3, -0.25) is 24.6 Å². The Kier molecular flexibility index (Phi) is 5.27. The van der Waals surface area contributed by atoms with Gasteiger partial charge in [0.05, 0.1) is 11.5 Å². The summed E-state index contributed by atoms with van der Waals surface area (Å²) in [7, 11) is 0. The number of ketones is 1. The lowest BCUT2D eigenvalue weighted by atomic mass is 9.92. The summed E-state index contributed by atoms with van der Waals surface area (Å²) in [4.78, 5) is 50.5. The Labute approximate surface area is 205 Å². The third-order valence-corrected chi connectivity index (χ3v) is 6.58. The van der Waals surface area contributed by atoms with Gasteiger partial charge in [-0.05, 0) is 56.7 Å². The van der Waals surface area contributed by atoms with Crippen LogP contribution < -0.4 is 14.8 Å². The molecular weight excluding hydrogens is 468 g/mol. The van der Waals surface area contributed by atoms with E-state index in [4.69, 9.17) is 9.47 Å². The van der Waals surface area contributed by atoms with Crippen molar-refractivity contribution in [3.05, 3.63) is 81.2 Å². The van der Waals surface area contributed by atoms with Crippen LogP contribution in [0.4, 0.5) is 10.5 Å². The molecule has 5 rings (SSSR count). The molecule has 3 aromatic rings. The minimum Gasteiger partial charge on any atom is -0.454 e. The maximum absolute atomic E-state index is 13.3. The number of nitrogens with zero attached hydrogens (tertiary/aromatic N) is 3. The number of Topliss-reactive ketones (excluding diaryl/α,β-unsaturated/α-hetero) is 1. The molecule has 0 radical (unpaired) electrons. The molecule has 2 aliphatic heterocycles. The van der Waals surface area contributed by atoms with Crippen molar-refractivity contribution < 1.29 is 28.8 Å². The van der Waals surface area contributed by atoms with Gasteiger partial charge in [0.15, 0.2) is 17.3 Å². The molecule has 1 fully saturated rings. The van der Waals surface area contributed by atoms with Crippen LogP contribution in [0.5, 0.6) is 11.5 Å². The number of amides is 3. The van der Waals surface area contributed by atoms with Crippen molar-refractivity contribution in [1.82, 2.24) is 14.8 Å². The van der Waals surface area contributed by atoms with Crippen LogP contribution in [-0.2, 0) is 10.3 Å². The fraction of sp³-hybridized carbons (Fsp3) is 0.240. The molecule has 1 aromatic heterocycles. The summed E-state index contributed by atoms with van der Waals surface area (Å²) in [5.74, 6) is 0.246. The standard InChI is InChI=1S/C25H22N4O7/c1-14-10-19(15(2)28(14)18-8-9-21-22(11-18)36-13-35-21)20(30)12-27-23(31)25(3,26-24(27)32)16-4-6-17(7-5-16)29(33)34/h4-11H,12-13H2,1-3H3,(H,26,32)/t25-/m1/s1. The van der Waals surface area contributed by atoms with Gasteiger partial charge in [-0.1, -0.05) is 0 Å². The largest absolute Gasteiger partial charge is 0.454 e. The minimum atomic E-state index is -1.45. The van der Waals surface area contributed by atoms with Gasteiger partial charge in [0.1, 0.15) is 5.54 Å². The monoisotopic (exact) mass is 490 g/mol. The molecule has 0 spiro atoms. The zero-order valence-corrected chi connectivity index (χ0v) is 19.7. The number of rotatable bonds is 6. The molecule has 0 unspecified atom stereocenters. The van der Waals surface area contributed by atoms with E-state index in [0.29, 0.717) is 28.3 Å². The van der Waals surface area contributed by atoms with Gasteiger partial charge in [0.2, 0.25) is 6.79 Å². The van der Waals surface area contributed by atoms with Gasteiger partial charge >= 0.3 is 6.03 Å². The van der Waals surface area contributed by atoms with Crippen LogP contribution in [-0.4, -0.2) is 45.4 Å². The summed E-state index contributed by atoms with van der Waals surface area (Å²) in [6.45, 7) is 4.85. The number of fused-ring (bicyclic) bond motifs is 1. The van der Waals surface area contributed by atoms with Crippen LogP contribution in [0.1, 0.15) is 34.2 Å². The third kappa shape index (κ3) is 3.56. The van der Waals surface area contributed by atoms with Crippen LogP contribution in [0.25, 0.3) is 5.69 Å². The molecule has 36 heavy (non-hydrogen) atoms. The van der Waals surface area contributed by atoms with E-state index in [-0.39, 0.29) is 12.5 Å². The molecule has 3 amide bonds. The lowest BCUT2D eigenvalue weighted by Crippen LogP contribution is -2.41. The molecule has 1 saturated heterocycles. The Bertz CT molecular complexity index is 1440. The number of carbonyl (C=O) groups is 3. The van der Waals surface area contributed by atoms with E-state index in [9.17, 15) is 24.5 Å². The van der Waals surface area contributed by atoms with E-state index in [1.54, 1.807) is 19.1 Å². The minimum absolute atomic E-state index is 0.135. The smallest absolute Gasteiger partial charge is 0.325 e. The highest BCUT2D eigenvalue weighted by Crippen LogP contribution is 2.35. The fourth-order valence-corrected chi connectivity index (χ4v) is 4.65. The first-order valence-corrected chi connectivity index (χ1v) is 11.1. The predicted octanol–water partition coefficient (Wildman–Crippen LogP) is 3.38. The van der Waals surface area contributed by atoms with E-state index in [1.165, 1.54) is 31.2 Å². The van der Waals surface area contributed by atoms with E-state index >= 15 is 0 Å². The summed E-state index contributed by atoms with van der Waals surface area (Å²) in [5.41, 5.74) is 1.41. The van der Waals surface area contributed by atoms with Crippen molar-refractivity contribution in [1.29, 1.82) is 0 Å². The van der Waals surface area contributed by atoms with Gasteiger partial charge in [-0.25, -0.2) is 4.79 Å². The van der Waals surface area contributed by atoms with Crippen molar-refractivity contribution in [3.63, 3.8) is 0 Å². The number of aryl methyl sites for hydroxylation is 1. The zero-order chi connectivity index (χ0) is 25.8. The van der Waals surface area contributed by atoms with Crippen LogP contribution in [0, 0.1) is 24.0 Å². The summed E-state index contributed by atoms with van der Waals surface area (Å²) in [6.07, 6.45) is 0. The summed E-state index contributed by atoms with van der Waals surface area (Å²) < 4.78 is 12.7. The van der Waals surface area contributed by atoms with Crippen molar-refractivity contribution in [2.75, 3.05) is 13.3 Å². The Morgan fingerprint density at radius 1 is 1.08 bits per heavy atom. The second-order valence-electron chi connectivity index (χ2n) is 8.83. The van der Waals surface area contributed by atoms with Gasteiger partial charge in [0.25, 0.3) is 11.6 Å². The van der Waals surface area contributed by atoms with E-state index in [0.717, 1.165) is 16.3 Å². The average Bonchev–Trinajstić information content (AvgIpc) is 3.50. The molecule has 0 saturated carbocycles. The number of hydrogen-bond donors (Lipinski definition) is 1. The molecule has 0 aliphatic carbocycles. The van der Waals surface area contributed by atoms with Crippen molar-refractivity contribution >= 4 is 23.4 Å². The fourth-order valence-electron chi connectivity index (χ4n) is 4.65. The number of nitro groups is 1. The highest BCUT2D eigenvalue weighted by Gasteiger charge is 2.49. The molecule has 0 bridgehead atoms. The van der Waals surface area contributed by atoms with Crippen molar-refractivity contribution in [2.45, 2.75) is 26.3 Å². The highest BCUT2D eigenvalue weighted by molar-refractivity contribution is 6.11. The number of urea groups is 1. The zero-order valence-electron chi connectivity index (χ0n) is 19.7. The number of benzene rings is 2. The highest BCUT2D eigenvalue weighted by atomic mass is 16.7. The Morgan fingerprint density at radius 3 is 2.47 bits per heavy atom. The molecule has 184 valence electrons. The van der Waals surface area contributed by atoms with Gasteiger partial charge in [-0.15, -0.1) is 0 Å². The number of non-ortho nitro benzene ring substituents is 1. The van der Waals surface area contributed by atoms with E-state index < -0.39 is 34.7 Å². The van der Waals surface area contributed by atoms with Gasteiger partial charge in [0, 0.05) is 40.8 Å². The first-order valence-electron chi connectivity index (χ1n) is 11.1. The Hall–Kier alpha value is -4.67. The third-order valence-electron chi connectivity index (χ3n) is 6.58. The first-order chi connectivity index (χ1) is 17.1. The van der Waals surface area contributed by atoms with Crippen LogP contribution in [0.15, 0.2) is 48.5 Å². The summed E-state index contributed by atoms with van der Waals surface area (Å²) in [6, 6.07) is 11.8. The number of nitrogens with one attached hydrogen (secondary N) is 1. The molecule has 1 N–H and O–H groups in total. The van der Waals surface area contributed by atoms with Gasteiger partial charge < -0.3 is 19.4 Å². The first kappa shape index (κ1) is 23.1. The molecule has 2 aromatic carbocycles. The maximum Gasteiger partial charge on any atom is 0.325 e. The summed E-state index contributed by atoms with van der Waals surface area (Å²) >= 11 is 0. The number of ether oxygens (including phenoxy) is 2. The molecule has 3 heterocycles. The second-order valence-corrected chi connectivity index (χ2v) is 8.83. The normalized spacial score (nSPS) is 18.5. The van der Waals surface area contributed by atoms with E-state index in [2.05, 4.69) is 5.32 Å². The SMILES string of the molecule is Cc1cc(C(=O)CN2C(=O)N[C@](C)(c3ccc([N+](=O)[O-])cc3)C2=O)c(C)n1-c1ccc2c(c1)OCO2. The van der Waals surface area contributed by atoms with Crippen LogP contribution >= 0.6 is 0 Å². The number of carbonyl (C=O) groups excluding carboxylic acids is 3. The molecule has 1 atom stereocenters.